The van der Waals surface area contributed by atoms with Crippen molar-refractivity contribution in [1.82, 2.24) is 0 Å². The molecule has 1 fully saturated rings. The summed E-state index contributed by atoms with van der Waals surface area (Å²) in [5, 5.41) is 10.0. The molecule has 0 aliphatic heterocycles. The van der Waals surface area contributed by atoms with Crippen molar-refractivity contribution >= 4 is 11.8 Å². The van der Waals surface area contributed by atoms with Crippen LogP contribution < -0.4 is 0 Å². The van der Waals surface area contributed by atoms with Gasteiger partial charge in [0.1, 0.15) is 0 Å². The Hall–Kier alpha value is 0.310. The lowest BCUT2D eigenvalue weighted by molar-refractivity contribution is 0.0541. The van der Waals surface area contributed by atoms with Gasteiger partial charge in [0, 0.05) is 0 Å². The summed E-state index contributed by atoms with van der Waals surface area (Å²) in [6.07, 6.45) is 6.86. The average molecular weight is 216 g/mol. The van der Waals surface area contributed by atoms with Crippen molar-refractivity contribution in [3.63, 3.8) is 0 Å². The molecule has 0 spiro atoms. The Morgan fingerprint density at radius 1 is 1.21 bits per heavy atom. The minimum Gasteiger partial charge on any atom is -0.393 e. The van der Waals surface area contributed by atoms with E-state index in [4.69, 9.17) is 0 Å². The molecule has 1 aliphatic carbocycles. The van der Waals surface area contributed by atoms with Crippen molar-refractivity contribution in [2.45, 2.75) is 45.6 Å². The molecular weight excluding hydrogens is 192 g/mol. The van der Waals surface area contributed by atoms with Crippen molar-refractivity contribution in [2.24, 2.45) is 17.8 Å². The summed E-state index contributed by atoms with van der Waals surface area (Å²) in [4.78, 5) is 0. The number of aliphatic hydroxyl groups excluding tert-OH is 1. The largest absolute Gasteiger partial charge is 0.393 e. The van der Waals surface area contributed by atoms with Crippen LogP contribution in [0.4, 0.5) is 0 Å². The molecule has 0 bridgehead atoms. The standard InChI is InChI=1S/C12H24OS/c1-9-6-10(2)8-11(7-9)12(13)4-5-14-3/h9-13H,4-8H2,1-3H3. The van der Waals surface area contributed by atoms with Crippen LogP contribution in [0.15, 0.2) is 0 Å². The summed E-state index contributed by atoms with van der Waals surface area (Å²) in [5.74, 6) is 3.29. The maximum absolute atomic E-state index is 10.0. The molecule has 84 valence electrons. The van der Waals surface area contributed by atoms with Crippen molar-refractivity contribution in [1.29, 1.82) is 0 Å². The molecule has 0 radical (unpaired) electrons. The Kier molecular flexibility index (Phi) is 5.32. The van der Waals surface area contributed by atoms with E-state index in [1.165, 1.54) is 19.3 Å². The van der Waals surface area contributed by atoms with Gasteiger partial charge in [0.05, 0.1) is 6.10 Å². The zero-order valence-corrected chi connectivity index (χ0v) is 10.5. The van der Waals surface area contributed by atoms with Crippen molar-refractivity contribution in [3.8, 4) is 0 Å². The average Bonchev–Trinajstić information content (AvgIpc) is 2.12. The molecule has 1 nitrogen and oxygen atoms in total. The molecule has 0 amide bonds. The summed E-state index contributed by atoms with van der Waals surface area (Å²) in [6.45, 7) is 4.65. The third-order valence-corrected chi connectivity index (χ3v) is 4.02. The second kappa shape index (κ2) is 6.02. The first-order chi connectivity index (χ1) is 6.63. The smallest absolute Gasteiger partial charge is 0.0576 e. The molecule has 3 unspecified atom stereocenters. The van der Waals surface area contributed by atoms with E-state index in [-0.39, 0.29) is 6.10 Å². The van der Waals surface area contributed by atoms with Gasteiger partial charge in [-0.05, 0) is 55.4 Å². The molecule has 0 aromatic carbocycles. The first kappa shape index (κ1) is 12.4. The van der Waals surface area contributed by atoms with Crippen LogP contribution in [0.1, 0.15) is 39.5 Å². The fourth-order valence-corrected chi connectivity index (χ4v) is 3.27. The lowest BCUT2D eigenvalue weighted by atomic mass is 9.74. The van der Waals surface area contributed by atoms with Gasteiger partial charge in [0.25, 0.3) is 0 Å². The zero-order chi connectivity index (χ0) is 10.6. The molecule has 1 saturated carbocycles. The highest BCUT2D eigenvalue weighted by Gasteiger charge is 2.28. The third kappa shape index (κ3) is 3.82. The van der Waals surface area contributed by atoms with Gasteiger partial charge in [0.2, 0.25) is 0 Å². The number of aliphatic hydroxyl groups is 1. The van der Waals surface area contributed by atoms with Gasteiger partial charge < -0.3 is 5.11 Å². The van der Waals surface area contributed by atoms with E-state index in [9.17, 15) is 5.11 Å². The molecule has 1 aliphatic rings. The van der Waals surface area contributed by atoms with Gasteiger partial charge in [-0.25, -0.2) is 0 Å². The van der Waals surface area contributed by atoms with E-state index in [0.29, 0.717) is 5.92 Å². The van der Waals surface area contributed by atoms with Gasteiger partial charge in [-0.15, -0.1) is 0 Å². The fraction of sp³-hybridized carbons (Fsp3) is 1.00. The van der Waals surface area contributed by atoms with Crippen LogP contribution in [0.25, 0.3) is 0 Å². The molecule has 0 aromatic heterocycles. The monoisotopic (exact) mass is 216 g/mol. The first-order valence-electron chi connectivity index (χ1n) is 5.80. The summed E-state index contributed by atoms with van der Waals surface area (Å²) in [7, 11) is 0. The molecule has 0 saturated heterocycles. The lowest BCUT2D eigenvalue weighted by Crippen LogP contribution is -2.29. The van der Waals surface area contributed by atoms with Crippen LogP contribution in [0.5, 0.6) is 0 Å². The van der Waals surface area contributed by atoms with E-state index in [0.717, 1.165) is 24.0 Å². The van der Waals surface area contributed by atoms with E-state index in [2.05, 4.69) is 20.1 Å². The van der Waals surface area contributed by atoms with E-state index in [1.54, 1.807) is 0 Å². The molecule has 1 rings (SSSR count). The SMILES string of the molecule is CSCCC(O)C1CC(C)CC(C)C1. The number of hydrogen-bond donors (Lipinski definition) is 1. The maximum atomic E-state index is 10.0. The quantitative estimate of drug-likeness (QED) is 0.779. The Bertz CT molecular complexity index is 150. The van der Waals surface area contributed by atoms with Crippen LogP contribution in [-0.2, 0) is 0 Å². The summed E-state index contributed by atoms with van der Waals surface area (Å²) < 4.78 is 0. The fourth-order valence-electron chi connectivity index (χ4n) is 2.80. The highest BCUT2D eigenvalue weighted by atomic mass is 32.2. The second-order valence-corrected chi connectivity index (χ2v) is 6.01. The van der Waals surface area contributed by atoms with E-state index < -0.39 is 0 Å². The van der Waals surface area contributed by atoms with E-state index >= 15 is 0 Å². The van der Waals surface area contributed by atoms with Crippen LogP contribution in [-0.4, -0.2) is 23.2 Å². The zero-order valence-electron chi connectivity index (χ0n) is 9.70. The minimum atomic E-state index is -0.0485. The van der Waals surface area contributed by atoms with Gasteiger partial charge >= 0.3 is 0 Å². The molecule has 2 heteroatoms. The normalized spacial score (nSPS) is 35.6. The topological polar surface area (TPSA) is 20.2 Å². The van der Waals surface area contributed by atoms with Crippen LogP contribution in [0.2, 0.25) is 0 Å². The van der Waals surface area contributed by atoms with Crippen LogP contribution in [0, 0.1) is 17.8 Å². The predicted octanol–water partition coefficient (Wildman–Crippen LogP) is 3.17. The predicted molar refractivity (Wildman–Crippen MR) is 64.7 cm³/mol. The Balaban J connectivity index is 2.34. The van der Waals surface area contributed by atoms with Gasteiger partial charge in [-0.2, -0.15) is 11.8 Å². The van der Waals surface area contributed by atoms with Crippen molar-refractivity contribution in [3.05, 3.63) is 0 Å². The van der Waals surface area contributed by atoms with E-state index in [1.807, 2.05) is 11.8 Å². The number of rotatable bonds is 4. The van der Waals surface area contributed by atoms with Crippen LogP contribution >= 0.6 is 11.8 Å². The number of hydrogen-bond acceptors (Lipinski definition) is 2. The second-order valence-electron chi connectivity index (χ2n) is 5.03. The maximum Gasteiger partial charge on any atom is 0.0576 e. The van der Waals surface area contributed by atoms with Gasteiger partial charge in [-0.3, -0.25) is 0 Å². The molecular formula is C12H24OS. The highest BCUT2D eigenvalue weighted by molar-refractivity contribution is 7.98. The molecule has 3 atom stereocenters. The van der Waals surface area contributed by atoms with Gasteiger partial charge in [-0.1, -0.05) is 13.8 Å². The first-order valence-corrected chi connectivity index (χ1v) is 7.19. The lowest BCUT2D eigenvalue weighted by Gasteiger charge is -2.34. The summed E-state index contributed by atoms with van der Waals surface area (Å²) in [6, 6.07) is 0. The third-order valence-electron chi connectivity index (χ3n) is 3.38. The minimum absolute atomic E-state index is 0.0485. The Morgan fingerprint density at radius 2 is 1.79 bits per heavy atom. The highest BCUT2D eigenvalue weighted by Crippen LogP contribution is 2.35. The summed E-state index contributed by atoms with van der Waals surface area (Å²) in [5.41, 5.74) is 0. The van der Waals surface area contributed by atoms with Gasteiger partial charge in [0.15, 0.2) is 0 Å². The number of thioether (sulfide) groups is 1. The van der Waals surface area contributed by atoms with Crippen molar-refractivity contribution in [2.75, 3.05) is 12.0 Å². The molecule has 0 aromatic rings. The van der Waals surface area contributed by atoms with Crippen molar-refractivity contribution < 1.29 is 5.11 Å². The molecule has 14 heavy (non-hydrogen) atoms. The Morgan fingerprint density at radius 3 is 2.29 bits per heavy atom. The van der Waals surface area contributed by atoms with Crippen LogP contribution in [0.3, 0.4) is 0 Å². The molecule has 0 heterocycles. The Labute approximate surface area is 92.7 Å². The molecule has 1 N–H and O–H groups in total. The summed E-state index contributed by atoms with van der Waals surface area (Å²) >= 11 is 1.84.